The molecule has 8 heteroatoms. The van der Waals surface area contributed by atoms with Gasteiger partial charge in [-0.15, -0.1) is 10.2 Å². The van der Waals surface area contributed by atoms with Gasteiger partial charge in [0.25, 0.3) is 10.0 Å². The Kier molecular flexibility index (Phi) is 5.96. The Morgan fingerprint density at radius 1 is 0.844 bits per heavy atom. The van der Waals surface area contributed by atoms with E-state index in [9.17, 15) is 8.42 Å². The summed E-state index contributed by atoms with van der Waals surface area (Å²) in [6, 6.07) is 21.2. The number of ether oxygens (including phenoxy) is 1. The van der Waals surface area contributed by atoms with Crippen LogP contribution in [0.1, 0.15) is 17.0 Å². The quantitative estimate of drug-likeness (QED) is 0.404. The molecule has 0 unspecified atom stereocenters. The zero-order chi connectivity index (χ0) is 22.7. The Bertz CT molecular complexity index is 1300. The van der Waals surface area contributed by atoms with Crippen LogP contribution in [-0.4, -0.2) is 25.7 Å². The summed E-state index contributed by atoms with van der Waals surface area (Å²) in [5, 5.41) is 8.19. The molecular weight excluding hydrogens is 426 g/mol. The largest absolute Gasteiger partial charge is 0.497 e. The van der Waals surface area contributed by atoms with Gasteiger partial charge in [-0.2, -0.15) is 0 Å². The van der Waals surface area contributed by atoms with Crippen LogP contribution in [0.5, 0.6) is 5.75 Å². The Morgan fingerprint density at radius 2 is 1.44 bits per heavy atom. The molecule has 7 nitrogen and oxygen atoms in total. The molecule has 0 aliphatic carbocycles. The molecule has 32 heavy (non-hydrogen) atoms. The van der Waals surface area contributed by atoms with Crippen LogP contribution in [0.25, 0.3) is 11.5 Å². The van der Waals surface area contributed by atoms with Crippen molar-refractivity contribution in [3.05, 3.63) is 89.8 Å². The van der Waals surface area contributed by atoms with Crippen molar-refractivity contribution in [3.8, 4) is 17.2 Å². The van der Waals surface area contributed by atoms with Crippen molar-refractivity contribution in [2.45, 2.75) is 25.3 Å². The maximum Gasteiger partial charge on any atom is 0.264 e. The topological polar surface area (TPSA) is 85.5 Å². The van der Waals surface area contributed by atoms with Gasteiger partial charge >= 0.3 is 0 Å². The van der Waals surface area contributed by atoms with Gasteiger partial charge in [0.15, 0.2) is 0 Å². The van der Waals surface area contributed by atoms with Crippen LogP contribution in [0, 0.1) is 13.8 Å². The third kappa shape index (κ3) is 4.50. The van der Waals surface area contributed by atoms with Crippen molar-refractivity contribution in [2.24, 2.45) is 0 Å². The summed E-state index contributed by atoms with van der Waals surface area (Å²) in [6.07, 6.45) is 0. The molecule has 0 N–H and O–H groups in total. The molecule has 3 aromatic carbocycles. The van der Waals surface area contributed by atoms with E-state index in [0.29, 0.717) is 17.3 Å². The highest BCUT2D eigenvalue weighted by atomic mass is 32.2. The molecule has 0 aliphatic heterocycles. The van der Waals surface area contributed by atoms with Crippen LogP contribution in [-0.2, 0) is 16.6 Å². The number of sulfonamides is 1. The number of aromatic nitrogens is 2. The van der Waals surface area contributed by atoms with E-state index in [1.807, 2.05) is 38.1 Å². The number of methoxy groups -OCH3 is 1. The lowest BCUT2D eigenvalue weighted by Gasteiger charge is -2.23. The monoisotopic (exact) mass is 449 g/mol. The van der Waals surface area contributed by atoms with Crippen LogP contribution in [0.2, 0.25) is 0 Å². The van der Waals surface area contributed by atoms with E-state index in [1.165, 1.54) is 4.31 Å². The Morgan fingerprint density at radius 3 is 2.03 bits per heavy atom. The van der Waals surface area contributed by atoms with E-state index >= 15 is 0 Å². The molecule has 0 aliphatic rings. The molecule has 4 aromatic rings. The van der Waals surface area contributed by atoms with Crippen molar-refractivity contribution in [2.75, 3.05) is 11.4 Å². The highest BCUT2D eigenvalue weighted by Crippen LogP contribution is 2.28. The summed E-state index contributed by atoms with van der Waals surface area (Å²) in [7, 11) is -2.33. The first-order valence-corrected chi connectivity index (χ1v) is 11.4. The highest BCUT2D eigenvalue weighted by molar-refractivity contribution is 7.92. The first-order chi connectivity index (χ1) is 15.4. The van der Waals surface area contributed by atoms with E-state index in [0.717, 1.165) is 16.7 Å². The van der Waals surface area contributed by atoms with Crippen LogP contribution in [0.15, 0.2) is 82.1 Å². The molecule has 1 aromatic heterocycles. The van der Waals surface area contributed by atoms with Crippen LogP contribution < -0.4 is 9.04 Å². The lowest BCUT2D eigenvalue weighted by atomic mass is 10.1. The Balaban J connectivity index is 1.71. The third-order valence-corrected chi connectivity index (χ3v) is 6.80. The number of benzene rings is 3. The highest BCUT2D eigenvalue weighted by Gasteiger charge is 2.27. The van der Waals surface area contributed by atoms with Gasteiger partial charge in [0.2, 0.25) is 11.8 Å². The average Bonchev–Trinajstić information content (AvgIpc) is 3.27. The number of rotatable bonds is 7. The molecule has 0 amide bonds. The van der Waals surface area contributed by atoms with Gasteiger partial charge in [0, 0.05) is 5.56 Å². The summed E-state index contributed by atoms with van der Waals surface area (Å²) < 4.78 is 39.3. The third-order valence-electron chi connectivity index (χ3n) is 5.01. The number of hydrogen-bond donors (Lipinski definition) is 0. The molecule has 0 radical (unpaired) electrons. The summed E-state index contributed by atoms with van der Waals surface area (Å²) in [5.41, 5.74) is 3.32. The van der Waals surface area contributed by atoms with Gasteiger partial charge in [-0.3, -0.25) is 4.31 Å². The minimum atomic E-state index is -3.88. The van der Waals surface area contributed by atoms with Crippen molar-refractivity contribution in [1.29, 1.82) is 0 Å². The molecule has 164 valence electrons. The van der Waals surface area contributed by atoms with Gasteiger partial charge in [-0.25, -0.2) is 8.42 Å². The predicted octanol–water partition coefficient (Wildman–Crippen LogP) is 4.76. The second kappa shape index (κ2) is 8.84. The first kappa shape index (κ1) is 21.6. The van der Waals surface area contributed by atoms with Crippen molar-refractivity contribution in [1.82, 2.24) is 10.2 Å². The molecule has 0 atom stereocenters. The molecule has 0 fully saturated rings. The predicted molar refractivity (Wildman–Crippen MR) is 122 cm³/mol. The Labute approximate surface area is 187 Å². The average molecular weight is 450 g/mol. The summed E-state index contributed by atoms with van der Waals surface area (Å²) in [6.45, 7) is 3.79. The van der Waals surface area contributed by atoms with Crippen LogP contribution in [0.4, 0.5) is 5.69 Å². The van der Waals surface area contributed by atoms with Crippen molar-refractivity contribution >= 4 is 15.7 Å². The lowest BCUT2D eigenvalue weighted by Crippen LogP contribution is -2.30. The summed E-state index contributed by atoms with van der Waals surface area (Å²) >= 11 is 0. The minimum Gasteiger partial charge on any atom is -0.497 e. The maximum atomic E-state index is 13.5. The SMILES string of the molecule is COc1ccc(N(Cc2nnc(-c3ccc(C)cc3)o2)S(=O)(=O)c2ccc(C)cc2)cc1. The number of hydrogen-bond acceptors (Lipinski definition) is 6. The number of aryl methyl sites for hydroxylation is 2. The van der Waals surface area contributed by atoms with E-state index in [-0.39, 0.29) is 17.3 Å². The van der Waals surface area contributed by atoms with Crippen molar-refractivity contribution < 1.29 is 17.6 Å². The molecule has 0 spiro atoms. The maximum absolute atomic E-state index is 13.5. The van der Waals surface area contributed by atoms with Crippen molar-refractivity contribution in [3.63, 3.8) is 0 Å². The lowest BCUT2D eigenvalue weighted by molar-refractivity contribution is 0.415. The first-order valence-electron chi connectivity index (χ1n) is 10.00. The smallest absolute Gasteiger partial charge is 0.264 e. The summed E-state index contributed by atoms with van der Waals surface area (Å²) in [4.78, 5) is 0.178. The van der Waals surface area contributed by atoms with E-state index in [2.05, 4.69) is 10.2 Å². The molecule has 0 bridgehead atoms. The van der Waals surface area contributed by atoms with Crippen LogP contribution >= 0.6 is 0 Å². The second-order valence-electron chi connectivity index (χ2n) is 7.39. The standard InChI is InChI=1S/C24H23N3O4S/c1-17-4-8-19(9-5-17)24-26-25-23(31-24)16-27(20-10-12-21(30-3)13-11-20)32(28,29)22-14-6-18(2)7-15-22/h4-15H,16H2,1-3H3. The van der Waals surface area contributed by atoms with Gasteiger partial charge in [-0.05, 0) is 62.4 Å². The molecule has 0 saturated carbocycles. The molecule has 4 rings (SSSR count). The molecule has 1 heterocycles. The van der Waals surface area contributed by atoms with Gasteiger partial charge < -0.3 is 9.15 Å². The Hall–Kier alpha value is -3.65. The van der Waals surface area contributed by atoms with Gasteiger partial charge in [0.05, 0.1) is 17.7 Å². The number of anilines is 1. The zero-order valence-corrected chi connectivity index (χ0v) is 18.8. The minimum absolute atomic E-state index is 0.110. The fourth-order valence-electron chi connectivity index (χ4n) is 3.15. The fraction of sp³-hybridized carbons (Fsp3) is 0.167. The molecular formula is C24H23N3O4S. The normalized spacial score (nSPS) is 11.3. The zero-order valence-electron chi connectivity index (χ0n) is 18.0. The van der Waals surface area contributed by atoms with Gasteiger partial charge in [-0.1, -0.05) is 35.4 Å². The summed E-state index contributed by atoms with van der Waals surface area (Å²) in [5.74, 6) is 1.15. The van der Waals surface area contributed by atoms with E-state index < -0.39 is 10.0 Å². The fourth-order valence-corrected chi connectivity index (χ4v) is 4.57. The number of nitrogens with zero attached hydrogens (tertiary/aromatic N) is 3. The second-order valence-corrected chi connectivity index (χ2v) is 9.25. The molecule has 0 saturated heterocycles. The van der Waals surface area contributed by atoms with Gasteiger partial charge in [0.1, 0.15) is 12.3 Å². The van der Waals surface area contributed by atoms with E-state index in [1.54, 1.807) is 55.6 Å². The van der Waals surface area contributed by atoms with Crippen LogP contribution in [0.3, 0.4) is 0 Å². The van der Waals surface area contributed by atoms with E-state index in [4.69, 9.17) is 9.15 Å².